The maximum Gasteiger partial charge on any atom is 0.408 e. The summed E-state index contributed by atoms with van der Waals surface area (Å²) in [5.41, 5.74) is 2.80. The summed E-state index contributed by atoms with van der Waals surface area (Å²) in [6.07, 6.45) is 3.26. The fourth-order valence-corrected chi connectivity index (χ4v) is 3.07. The van der Waals surface area contributed by atoms with Crippen LogP contribution in [0.1, 0.15) is 63.6 Å². The molecular formula is C19H25N3O3. The van der Waals surface area contributed by atoms with Crippen molar-refractivity contribution < 1.29 is 14.1 Å². The van der Waals surface area contributed by atoms with Gasteiger partial charge in [-0.3, -0.25) is 0 Å². The normalized spacial score (nSPS) is 17.0. The van der Waals surface area contributed by atoms with Gasteiger partial charge in [-0.2, -0.15) is 4.98 Å². The number of nitrogens with zero attached hydrogens (tertiary/aromatic N) is 2. The van der Waals surface area contributed by atoms with Gasteiger partial charge >= 0.3 is 6.09 Å². The van der Waals surface area contributed by atoms with Crippen molar-refractivity contribution in [1.82, 2.24) is 15.5 Å². The molecule has 1 heterocycles. The minimum atomic E-state index is -0.499. The molecule has 134 valence electrons. The molecule has 0 spiro atoms. The van der Waals surface area contributed by atoms with Crippen LogP contribution in [0, 0.1) is 0 Å². The van der Waals surface area contributed by atoms with Gasteiger partial charge < -0.3 is 14.6 Å². The van der Waals surface area contributed by atoms with Gasteiger partial charge in [0.25, 0.3) is 0 Å². The number of rotatable bonds is 3. The Labute approximate surface area is 148 Å². The van der Waals surface area contributed by atoms with Crippen LogP contribution in [0.4, 0.5) is 4.79 Å². The van der Waals surface area contributed by atoms with E-state index in [-0.39, 0.29) is 12.1 Å². The Morgan fingerprint density at radius 2 is 2.20 bits per heavy atom. The molecule has 1 aromatic carbocycles. The van der Waals surface area contributed by atoms with Gasteiger partial charge in [0, 0.05) is 12.0 Å². The molecule has 1 N–H and O–H groups in total. The van der Waals surface area contributed by atoms with Gasteiger partial charge in [0.15, 0.2) is 0 Å². The Kier molecular flexibility index (Phi) is 4.79. The molecule has 1 aromatic heterocycles. The van der Waals surface area contributed by atoms with E-state index >= 15 is 0 Å². The number of carbonyl (C=O) groups excluding carboxylic acids is 1. The van der Waals surface area contributed by atoms with Crippen molar-refractivity contribution in [3.63, 3.8) is 0 Å². The lowest BCUT2D eigenvalue weighted by Crippen LogP contribution is -2.36. The minimum absolute atomic E-state index is 0.0240. The first-order chi connectivity index (χ1) is 11.9. The van der Waals surface area contributed by atoms with Crippen molar-refractivity contribution in [2.75, 3.05) is 0 Å². The van der Waals surface area contributed by atoms with Gasteiger partial charge in [0.2, 0.25) is 11.7 Å². The summed E-state index contributed by atoms with van der Waals surface area (Å²) in [5.74, 6) is 1.25. The molecule has 1 aliphatic rings. The summed E-state index contributed by atoms with van der Waals surface area (Å²) >= 11 is 0. The van der Waals surface area contributed by atoms with Crippen LogP contribution in [0.15, 0.2) is 22.7 Å². The molecule has 1 aliphatic carbocycles. The van der Waals surface area contributed by atoms with Crippen LogP contribution in [0.25, 0.3) is 11.4 Å². The van der Waals surface area contributed by atoms with E-state index in [0.29, 0.717) is 11.7 Å². The number of fused-ring (bicyclic) bond motifs is 1. The topological polar surface area (TPSA) is 77.2 Å². The first-order valence-electron chi connectivity index (χ1n) is 8.81. The molecule has 0 bridgehead atoms. The van der Waals surface area contributed by atoms with Gasteiger partial charge in [-0.1, -0.05) is 24.2 Å². The highest BCUT2D eigenvalue weighted by molar-refractivity contribution is 5.69. The first-order valence-corrected chi connectivity index (χ1v) is 8.81. The largest absolute Gasteiger partial charge is 0.444 e. The number of aromatic nitrogens is 2. The van der Waals surface area contributed by atoms with Crippen LogP contribution in [0.3, 0.4) is 0 Å². The number of nitrogens with one attached hydrogen (secondary N) is 1. The van der Waals surface area contributed by atoms with Gasteiger partial charge in [-0.15, -0.1) is 0 Å². The Morgan fingerprint density at radius 3 is 2.88 bits per heavy atom. The lowest BCUT2D eigenvalue weighted by molar-refractivity contribution is 0.0498. The van der Waals surface area contributed by atoms with E-state index in [2.05, 4.69) is 21.5 Å². The zero-order chi connectivity index (χ0) is 18.0. The van der Waals surface area contributed by atoms with E-state index in [1.165, 1.54) is 5.56 Å². The molecule has 0 saturated heterocycles. The number of aryl methyl sites for hydroxylation is 2. The molecule has 1 atom stereocenters. The average molecular weight is 343 g/mol. The molecule has 0 fully saturated rings. The predicted molar refractivity (Wildman–Crippen MR) is 94.2 cm³/mol. The average Bonchev–Trinajstić information content (AvgIpc) is 3.02. The summed E-state index contributed by atoms with van der Waals surface area (Å²) in [7, 11) is 0. The van der Waals surface area contributed by atoms with Crippen molar-refractivity contribution >= 4 is 6.09 Å². The summed E-state index contributed by atoms with van der Waals surface area (Å²) < 4.78 is 10.6. The second-order valence-electron chi connectivity index (χ2n) is 7.37. The van der Waals surface area contributed by atoms with Gasteiger partial charge in [0.1, 0.15) is 5.60 Å². The van der Waals surface area contributed by atoms with Crippen LogP contribution in [-0.2, 0) is 17.6 Å². The monoisotopic (exact) mass is 343 g/mol. The van der Waals surface area contributed by atoms with E-state index in [9.17, 15) is 4.79 Å². The van der Waals surface area contributed by atoms with Crippen molar-refractivity contribution in [2.45, 2.75) is 65.0 Å². The second-order valence-corrected chi connectivity index (χ2v) is 7.37. The van der Waals surface area contributed by atoms with Gasteiger partial charge in [0.05, 0.1) is 6.04 Å². The van der Waals surface area contributed by atoms with E-state index < -0.39 is 5.60 Å². The van der Waals surface area contributed by atoms with Crippen LogP contribution < -0.4 is 5.32 Å². The van der Waals surface area contributed by atoms with Crippen molar-refractivity contribution in [1.29, 1.82) is 0 Å². The van der Waals surface area contributed by atoms with Crippen molar-refractivity contribution in [2.24, 2.45) is 0 Å². The maximum atomic E-state index is 12.1. The molecule has 25 heavy (non-hydrogen) atoms. The van der Waals surface area contributed by atoms with Gasteiger partial charge in [-0.05, 0) is 57.2 Å². The fourth-order valence-electron chi connectivity index (χ4n) is 3.07. The van der Waals surface area contributed by atoms with Crippen LogP contribution in [0.2, 0.25) is 0 Å². The number of alkyl carbamates (subject to hydrolysis) is 1. The van der Waals surface area contributed by atoms with Gasteiger partial charge in [-0.25, -0.2) is 4.79 Å². The molecule has 1 amide bonds. The van der Waals surface area contributed by atoms with E-state index in [4.69, 9.17) is 9.26 Å². The van der Waals surface area contributed by atoms with Crippen molar-refractivity contribution in [3.05, 3.63) is 35.2 Å². The SMILES string of the molecule is CCc1nc(-c2ccc3c(c2)CCCC3NC(=O)OC(C)(C)C)no1. The summed E-state index contributed by atoms with van der Waals surface area (Å²) in [6.45, 7) is 7.58. The number of amides is 1. The molecule has 0 aliphatic heterocycles. The second kappa shape index (κ2) is 6.86. The molecule has 0 saturated carbocycles. The maximum absolute atomic E-state index is 12.1. The fraction of sp³-hybridized carbons (Fsp3) is 0.526. The summed E-state index contributed by atoms with van der Waals surface area (Å²) in [4.78, 5) is 16.5. The van der Waals surface area contributed by atoms with Crippen LogP contribution in [0.5, 0.6) is 0 Å². The zero-order valence-corrected chi connectivity index (χ0v) is 15.3. The molecule has 6 nitrogen and oxygen atoms in total. The van der Waals surface area contributed by atoms with Crippen LogP contribution >= 0.6 is 0 Å². The molecule has 2 aromatic rings. The first kappa shape index (κ1) is 17.5. The van der Waals surface area contributed by atoms with Crippen molar-refractivity contribution in [3.8, 4) is 11.4 Å². The standard InChI is InChI=1S/C19H25N3O3/c1-5-16-21-17(22-25-16)13-9-10-14-12(11-13)7-6-8-15(14)20-18(23)24-19(2,3)4/h9-11,15H,5-8H2,1-4H3,(H,20,23). The highest BCUT2D eigenvalue weighted by atomic mass is 16.6. The number of hydrogen-bond acceptors (Lipinski definition) is 5. The predicted octanol–water partition coefficient (Wildman–Crippen LogP) is 4.20. The third kappa shape index (κ3) is 4.18. The molecule has 3 rings (SSSR count). The summed E-state index contributed by atoms with van der Waals surface area (Å²) in [6, 6.07) is 6.11. The number of ether oxygens (including phenoxy) is 1. The Bertz CT molecular complexity index is 762. The lowest BCUT2D eigenvalue weighted by atomic mass is 9.86. The third-order valence-electron chi connectivity index (χ3n) is 4.18. The molecule has 6 heteroatoms. The lowest BCUT2D eigenvalue weighted by Gasteiger charge is -2.28. The summed E-state index contributed by atoms with van der Waals surface area (Å²) in [5, 5.41) is 7.03. The number of carbonyl (C=O) groups is 1. The quantitative estimate of drug-likeness (QED) is 0.903. The Hall–Kier alpha value is -2.37. The van der Waals surface area contributed by atoms with E-state index in [0.717, 1.165) is 36.8 Å². The number of benzene rings is 1. The Balaban J connectivity index is 1.79. The smallest absolute Gasteiger partial charge is 0.408 e. The van der Waals surface area contributed by atoms with E-state index in [1.807, 2.05) is 39.8 Å². The highest BCUT2D eigenvalue weighted by Crippen LogP contribution is 2.32. The minimum Gasteiger partial charge on any atom is -0.444 e. The number of hydrogen-bond donors (Lipinski definition) is 1. The molecule has 1 unspecified atom stereocenters. The molecule has 0 radical (unpaired) electrons. The van der Waals surface area contributed by atoms with Crippen LogP contribution in [-0.4, -0.2) is 21.8 Å². The zero-order valence-electron chi connectivity index (χ0n) is 15.3. The Morgan fingerprint density at radius 1 is 1.40 bits per heavy atom. The molecular weight excluding hydrogens is 318 g/mol. The van der Waals surface area contributed by atoms with E-state index in [1.54, 1.807) is 0 Å². The highest BCUT2D eigenvalue weighted by Gasteiger charge is 2.25. The third-order valence-corrected chi connectivity index (χ3v) is 4.18.